The molecular weight excluding hydrogens is 206 g/mol. The summed E-state index contributed by atoms with van der Waals surface area (Å²) in [6, 6.07) is -0.588. The van der Waals surface area contributed by atoms with Crippen molar-refractivity contribution in [2.24, 2.45) is 5.73 Å². The second-order valence-electron chi connectivity index (χ2n) is 5.66. The molecule has 4 N–H and O–H groups in total. The third-order valence-electron chi connectivity index (χ3n) is 1.82. The first-order valence-corrected chi connectivity index (χ1v) is 5.35. The first kappa shape index (κ1) is 14.9. The predicted molar refractivity (Wildman–Crippen MR) is 63.8 cm³/mol. The van der Waals surface area contributed by atoms with Gasteiger partial charge in [0, 0.05) is 5.54 Å². The molecule has 0 bridgehead atoms. The van der Waals surface area contributed by atoms with Gasteiger partial charge in [-0.15, -0.1) is 0 Å². The molecule has 0 aliphatic rings. The first-order valence-electron chi connectivity index (χ1n) is 5.35. The fourth-order valence-corrected chi connectivity index (χ4v) is 0.926. The molecular formula is C11H23N3O2. The third kappa shape index (κ3) is 5.70. The van der Waals surface area contributed by atoms with Gasteiger partial charge in [0.15, 0.2) is 0 Å². The van der Waals surface area contributed by atoms with E-state index in [1.54, 1.807) is 20.8 Å². The Morgan fingerprint density at radius 1 is 1.12 bits per heavy atom. The molecule has 0 aliphatic carbocycles. The molecule has 94 valence electrons. The maximum Gasteiger partial charge on any atom is 0.242 e. The topological polar surface area (TPSA) is 84.2 Å². The van der Waals surface area contributed by atoms with Crippen LogP contribution in [-0.2, 0) is 9.59 Å². The lowest BCUT2D eigenvalue weighted by atomic mass is 10.1. The van der Waals surface area contributed by atoms with Gasteiger partial charge in [0.05, 0.1) is 5.54 Å². The number of nitrogens with one attached hydrogen (secondary N) is 2. The molecule has 0 aromatic carbocycles. The lowest BCUT2D eigenvalue weighted by Gasteiger charge is -2.25. The highest BCUT2D eigenvalue weighted by atomic mass is 16.2. The van der Waals surface area contributed by atoms with E-state index in [0.29, 0.717) is 0 Å². The highest BCUT2D eigenvalue weighted by Crippen LogP contribution is 2.01. The zero-order valence-electron chi connectivity index (χ0n) is 11.0. The maximum absolute atomic E-state index is 11.7. The Morgan fingerprint density at radius 3 is 1.88 bits per heavy atom. The SMILES string of the molecule is CC(NC(=O)C(C)(C)N)C(=O)NC(C)(C)C. The van der Waals surface area contributed by atoms with Gasteiger partial charge in [-0.2, -0.15) is 0 Å². The Labute approximate surface area is 97.2 Å². The van der Waals surface area contributed by atoms with E-state index in [4.69, 9.17) is 5.73 Å². The Morgan fingerprint density at radius 2 is 1.56 bits per heavy atom. The summed E-state index contributed by atoms with van der Waals surface area (Å²) in [5, 5.41) is 5.35. The quantitative estimate of drug-likeness (QED) is 0.643. The molecule has 0 aromatic heterocycles. The van der Waals surface area contributed by atoms with E-state index >= 15 is 0 Å². The first-order chi connectivity index (χ1) is 6.93. The molecule has 0 fully saturated rings. The molecule has 0 saturated carbocycles. The number of rotatable bonds is 3. The monoisotopic (exact) mass is 229 g/mol. The maximum atomic E-state index is 11.7. The van der Waals surface area contributed by atoms with Crippen LogP contribution in [0.2, 0.25) is 0 Å². The molecule has 1 atom stereocenters. The summed E-state index contributed by atoms with van der Waals surface area (Å²) in [5.41, 5.74) is 4.32. The minimum absolute atomic E-state index is 0.217. The standard InChI is InChI=1S/C11H23N3O2/c1-7(8(15)14-10(2,3)4)13-9(16)11(5,6)12/h7H,12H2,1-6H3,(H,13,16)(H,14,15). The smallest absolute Gasteiger partial charge is 0.242 e. The molecule has 0 saturated heterocycles. The van der Waals surface area contributed by atoms with Crippen LogP contribution in [0.4, 0.5) is 0 Å². The van der Waals surface area contributed by atoms with Crippen LogP contribution in [0.15, 0.2) is 0 Å². The average Bonchev–Trinajstić information content (AvgIpc) is 1.98. The highest BCUT2D eigenvalue weighted by molar-refractivity contribution is 5.91. The van der Waals surface area contributed by atoms with E-state index in [9.17, 15) is 9.59 Å². The van der Waals surface area contributed by atoms with Crippen LogP contribution in [0.5, 0.6) is 0 Å². The number of carbonyl (C=O) groups is 2. The Bertz CT molecular complexity index is 274. The molecule has 16 heavy (non-hydrogen) atoms. The minimum Gasteiger partial charge on any atom is -0.350 e. The number of amides is 2. The summed E-state index contributed by atoms with van der Waals surface area (Å²) < 4.78 is 0. The van der Waals surface area contributed by atoms with Crippen molar-refractivity contribution in [1.82, 2.24) is 10.6 Å². The molecule has 0 heterocycles. The minimum atomic E-state index is -0.976. The van der Waals surface area contributed by atoms with Crippen molar-refractivity contribution in [3.8, 4) is 0 Å². The summed E-state index contributed by atoms with van der Waals surface area (Å²) in [6.45, 7) is 10.5. The number of nitrogens with two attached hydrogens (primary N) is 1. The van der Waals surface area contributed by atoms with E-state index in [2.05, 4.69) is 10.6 Å². The Balaban J connectivity index is 4.33. The van der Waals surface area contributed by atoms with E-state index in [0.717, 1.165) is 0 Å². The highest BCUT2D eigenvalue weighted by Gasteiger charge is 2.26. The summed E-state index contributed by atoms with van der Waals surface area (Å²) >= 11 is 0. The van der Waals surface area contributed by atoms with Crippen LogP contribution in [0.25, 0.3) is 0 Å². The van der Waals surface area contributed by atoms with Crippen LogP contribution >= 0.6 is 0 Å². The van der Waals surface area contributed by atoms with E-state index in [1.807, 2.05) is 20.8 Å². The van der Waals surface area contributed by atoms with E-state index in [-0.39, 0.29) is 17.4 Å². The zero-order chi connectivity index (χ0) is 13.1. The number of hydrogen-bond acceptors (Lipinski definition) is 3. The van der Waals surface area contributed by atoms with Gasteiger partial charge in [0.1, 0.15) is 6.04 Å². The molecule has 0 aromatic rings. The van der Waals surface area contributed by atoms with Crippen LogP contribution < -0.4 is 16.4 Å². The van der Waals surface area contributed by atoms with Crippen molar-refractivity contribution < 1.29 is 9.59 Å². The summed E-state index contributed by atoms with van der Waals surface area (Å²) in [6.07, 6.45) is 0. The Hall–Kier alpha value is -1.10. The average molecular weight is 229 g/mol. The van der Waals surface area contributed by atoms with Crippen LogP contribution in [0, 0.1) is 0 Å². The van der Waals surface area contributed by atoms with Crippen LogP contribution in [-0.4, -0.2) is 28.9 Å². The fourth-order valence-electron chi connectivity index (χ4n) is 0.926. The summed E-state index contributed by atoms with van der Waals surface area (Å²) in [7, 11) is 0. The molecule has 1 unspecified atom stereocenters. The van der Waals surface area contributed by atoms with Crippen molar-refractivity contribution in [3.63, 3.8) is 0 Å². The lowest BCUT2D eigenvalue weighted by Crippen LogP contribution is -2.56. The molecule has 5 nitrogen and oxygen atoms in total. The molecule has 0 rings (SSSR count). The fraction of sp³-hybridized carbons (Fsp3) is 0.818. The second kappa shape index (κ2) is 4.82. The number of carbonyl (C=O) groups excluding carboxylic acids is 2. The lowest BCUT2D eigenvalue weighted by molar-refractivity contribution is -0.131. The number of hydrogen-bond donors (Lipinski definition) is 3. The Kier molecular flexibility index (Phi) is 4.49. The van der Waals surface area contributed by atoms with E-state index in [1.165, 1.54) is 0 Å². The van der Waals surface area contributed by atoms with Gasteiger partial charge in [-0.3, -0.25) is 9.59 Å². The van der Waals surface area contributed by atoms with Gasteiger partial charge in [-0.1, -0.05) is 0 Å². The van der Waals surface area contributed by atoms with E-state index < -0.39 is 11.6 Å². The van der Waals surface area contributed by atoms with Crippen molar-refractivity contribution >= 4 is 11.8 Å². The predicted octanol–water partition coefficient (Wildman–Crippen LogP) is 0.143. The van der Waals surface area contributed by atoms with Crippen molar-refractivity contribution in [1.29, 1.82) is 0 Å². The van der Waals surface area contributed by atoms with Crippen molar-refractivity contribution in [2.45, 2.75) is 58.7 Å². The molecule has 0 aliphatic heterocycles. The van der Waals surface area contributed by atoms with Gasteiger partial charge in [0.25, 0.3) is 0 Å². The molecule has 0 spiro atoms. The second-order valence-corrected chi connectivity index (χ2v) is 5.66. The van der Waals surface area contributed by atoms with Gasteiger partial charge >= 0.3 is 0 Å². The van der Waals surface area contributed by atoms with Crippen LogP contribution in [0.1, 0.15) is 41.5 Å². The zero-order valence-corrected chi connectivity index (χ0v) is 11.0. The summed E-state index contributed by atoms with van der Waals surface area (Å²) in [4.78, 5) is 23.2. The van der Waals surface area contributed by atoms with Crippen molar-refractivity contribution in [3.05, 3.63) is 0 Å². The van der Waals surface area contributed by atoms with Gasteiger partial charge in [0.2, 0.25) is 11.8 Å². The largest absolute Gasteiger partial charge is 0.350 e. The van der Waals surface area contributed by atoms with Crippen LogP contribution in [0.3, 0.4) is 0 Å². The molecule has 2 amide bonds. The molecule has 0 radical (unpaired) electrons. The van der Waals surface area contributed by atoms with Gasteiger partial charge < -0.3 is 16.4 Å². The van der Waals surface area contributed by atoms with Crippen molar-refractivity contribution in [2.75, 3.05) is 0 Å². The summed E-state index contributed by atoms with van der Waals surface area (Å²) in [5.74, 6) is -0.561. The normalized spacial score (nSPS) is 14.2. The molecule has 5 heteroatoms. The van der Waals surface area contributed by atoms with Gasteiger partial charge in [-0.05, 0) is 41.5 Å². The third-order valence-corrected chi connectivity index (χ3v) is 1.82. The van der Waals surface area contributed by atoms with Gasteiger partial charge in [-0.25, -0.2) is 0 Å².